The van der Waals surface area contributed by atoms with E-state index in [-0.39, 0.29) is 71.1 Å². The Morgan fingerprint density at radius 2 is 2.09 bits per heavy atom. The van der Waals surface area contributed by atoms with Crippen LogP contribution in [0, 0.1) is 6.92 Å². The Labute approximate surface area is 175 Å². The third-order valence-corrected chi connectivity index (χ3v) is 3.61. The summed E-state index contributed by atoms with van der Waals surface area (Å²) in [7, 11) is -5.25. The number of aromatic nitrogens is 2. The number of nitrogens with zero attached hydrogens (tertiary/aromatic N) is 1. The number of rotatable bonds is 4. The van der Waals surface area contributed by atoms with E-state index in [1.807, 2.05) is 0 Å². The molecule has 1 fully saturated rings. The van der Waals surface area contributed by atoms with Gasteiger partial charge in [-0.3, -0.25) is 14.3 Å². The van der Waals surface area contributed by atoms with E-state index in [2.05, 4.69) is 9.51 Å². The summed E-state index contributed by atoms with van der Waals surface area (Å²) < 4.78 is 21.3. The monoisotopic (exact) mass is 366 g/mol. The second kappa shape index (κ2) is 9.42. The minimum atomic E-state index is -5.25. The molecule has 1 aliphatic heterocycles. The van der Waals surface area contributed by atoms with Crippen LogP contribution in [0.2, 0.25) is 0 Å². The number of aliphatic hydroxyl groups is 1. The smallest absolute Gasteiger partial charge is 0.790 e. The normalized spacial score (nSPS) is 23.9. The number of phosphoric acid groups is 1. The van der Waals surface area contributed by atoms with Gasteiger partial charge >= 0.3 is 64.8 Å². The maximum atomic E-state index is 11.7. The van der Waals surface area contributed by atoms with Crippen molar-refractivity contribution >= 4 is 7.82 Å². The Kier molecular flexibility index (Phi) is 9.71. The van der Waals surface area contributed by atoms with Gasteiger partial charge in [0.15, 0.2) is 0 Å². The second-order valence-corrected chi connectivity index (χ2v) is 5.72. The summed E-state index contributed by atoms with van der Waals surface area (Å²) in [6, 6.07) is 0. The van der Waals surface area contributed by atoms with Gasteiger partial charge in [-0.25, -0.2) is 4.79 Å². The van der Waals surface area contributed by atoms with Crippen LogP contribution in [0.5, 0.6) is 0 Å². The molecule has 1 aliphatic rings. The summed E-state index contributed by atoms with van der Waals surface area (Å²) in [5.41, 5.74) is -1.05. The third kappa shape index (κ3) is 6.18. The Hall–Kier alpha value is 0.710. The molecule has 1 saturated heterocycles. The quantitative estimate of drug-likeness (QED) is 0.393. The first-order valence-corrected chi connectivity index (χ1v) is 7.46. The molecular weight excluding hydrogens is 353 g/mol. The van der Waals surface area contributed by atoms with Crippen molar-refractivity contribution in [3.63, 3.8) is 0 Å². The predicted molar refractivity (Wildman–Crippen MR) is 64.2 cm³/mol. The van der Waals surface area contributed by atoms with Gasteiger partial charge < -0.3 is 28.7 Å². The molecule has 118 valence electrons. The van der Waals surface area contributed by atoms with Crippen molar-refractivity contribution in [2.24, 2.45) is 0 Å². The molecule has 0 aromatic carbocycles. The van der Waals surface area contributed by atoms with E-state index in [1.165, 1.54) is 13.1 Å². The van der Waals surface area contributed by atoms with Gasteiger partial charge in [-0.15, -0.1) is 0 Å². The fourth-order valence-electron chi connectivity index (χ4n) is 2.11. The fraction of sp³-hybridized carbons (Fsp3) is 0.600. The average molecular weight is 366 g/mol. The number of ether oxygens (including phenoxy) is 1. The number of phosphoric ester groups is 1. The number of hydrogen-bond acceptors (Lipinski definition) is 8. The van der Waals surface area contributed by atoms with Gasteiger partial charge in [-0.05, 0) is 6.92 Å². The third-order valence-electron chi connectivity index (χ3n) is 3.08. The minimum absolute atomic E-state index is 0. The Morgan fingerprint density at radius 1 is 1.48 bits per heavy atom. The standard InChI is InChI=1S/C10H15N2O8P.2Na/c1-5-3-12(10(15)11-9(5)14)8-2-6(7(4-13)19-8)20-21(16,17)18;;/h3,6-8,13H,2,4H2,1H3,(H,11,14,15)(H2,16,17,18);;/q;2*+1/p-2/t6-,7+,8+;;/m0../s1. The van der Waals surface area contributed by atoms with Crippen molar-refractivity contribution in [3.05, 3.63) is 32.6 Å². The topological polar surface area (TPSA) is 157 Å². The fourth-order valence-corrected chi connectivity index (χ4v) is 2.67. The van der Waals surface area contributed by atoms with Crippen molar-refractivity contribution in [1.29, 1.82) is 0 Å². The van der Waals surface area contributed by atoms with E-state index in [0.717, 1.165) is 4.57 Å². The van der Waals surface area contributed by atoms with Crippen LogP contribution in [0.4, 0.5) is 0 Å². The van der Waals surface area contributed by atoms with Crippen molar-refractivity contribution in [3.8, 4) is 0 Å². The van der Waals surface area contributed by atoms with Crippen LogP contribution in [-0.2, 0) is 13.8 Å². The summed E-state index contributed by atoms with van der Waals surface area (Å²) in [6.45, 7) is 0.892. The van der Waals surface area contributed by atoms with Gasteiger partial charge in [-0.1, -0.05) is 0 Å². The van der Waals surface area contributed by atoms with Crippen LogP contribution in [0.15, 0.2) is 15.8 Å². The molecule has 2 heterocycles. The first-order chi connectivity index (χ1) is 9.71. The SMILES string of the molecule is Cc1cn([C@H]2C[C@H](OP(=O)([O-])[O-])[C@@H](CO)O2)c(=O)[nH]c1=O.[Na+].[Na+]. The Balaban J connectivity index is 0.00000242. The maximum absolute atomic E-state index is 11.7. The van der Waals surface area contributed by atoms with Crippen LogP contribution in [0.1, 0.15) is 18.2 Å². The summed E-state index contributed by atoms with van der Waals surface area (Å²) in [5.74, 6) is 0. The number of nitrogens with one attached hydrogen (secondary N) is 1. The zero-order valence-corrected chi connectivity index (χ0v) is 17.8. The van der Waals surface area contributed by atoms with Crippen LogP contribution in [0.25, 0.3) is 0 Å². The molecule has 0 bridgehead atoms. The Morgan fingerprint density at radius 3 is 2.61 bits per heavy atom. The van der Waals surface area contributed by atoms with Gasteiger partial charge in [0.2, 0.25) is 0 Å². The molecule has 13 heteroatoms. The van der Waals surface area contributed by atoms with Gasteiger partial charge in [-0.2, -0.15) is 0 Å². The maximum Gasteiger partial charge on any atom is 1.00 e. The number of aryl methyl sites for hydroxylation is 1. The number of aromatic amines is 1. The zero-order valence-electron chi connectivity index (χ0n) is 12.9. The first kappa shape index (κ1) is 23.7. The number of H-pyrrole nitrogens is 1. The summed E-state index contributed by atoms with van der Waals surface area (Å²) >= 11 is 0. The van der Waals surface area contributed by atoms with E-state index >= 15 is 0 Å². The largest absolute Gasteiger partial charge is 1.00 e. The van der Waals surface area contributed by atoms with Crippen molar-refractivity contribution in [1.82, 2.24) is 9.55 Å². The van der Waals surface area contributed by atoms with E-state index in [4.69, 9.17) is 9.84 Å². The number of aliphatic hydroxyl groups excluding tert-OH is 1. The molecule has 1 aromatic rings. The molecule has 2 rings (SSSR count). The van der Waals surface area contributed by atoms with E-state index < -0.39 is 44.1 Å². The molecule has 0 unspecified atom stereocenters. The van der Waals surface area contributed by atoms with Crippen LogP contribution in [0.3, 0.4) is 0 Å². The summed E-state index contributed by atoms with van der Waals surface area (Å²) in [6.07, 6.45) is -2.10. The summed E-state index contributed by atoms with van der Waals surface area (Å²) in [4.78, 5) is 46.4. The predicted octanol–water partition coefficient (Wildman–Crippen LogP) is -8.65. The molecule has 3 atom stereocenters. The van der Waals surface area contributed by atoms with Crippen LogP contribution >= 0.6 is 7.82 Å². The van der Waals surface area contributed by atoms with E-state index in [0.29, 0.717) is 0 Å². The van der Waals surface area contributed by atoms with Crippen molar-refractivity contribution in [2.45, 2.75) is 31.8 Å². The van der Waals surface area contributed by atoms with Gasteiger partial charge in [0.05, 0.1) is 20.5 Å². The first-order valence-electron chi connectivity index (χ1n) is 6.00. The molecule has 0 amide bonds. The van der Waals surface area contributed by atoms with Crippen LogP contribution in [-0.4, -0.2) is 33.5 Å². The zero-order chi connectivity index (χ0) is 15.8. The van der Waals surface area contributed by atoms with Crippen molar-refractivity contribution in [2.75, 3.05) is 6.61 Å². The van der Waals surface area contributed by atoms with Gasteiger partial charge in [0, 0.05) is 18.2 Å². The molecule has 0 saturated carbocycles. The average Bonchev–Trinajstić information content (AvgIpc) is 2.74. The van der Waals surface area contributed by atoms with E-state index in [9.17, 15) is 23.9 Å². The molecule has 10 nitrogen and oxygen atoms in total. The minimum Gasteiger partial charge on any atom is -0.790 e. The number of hydrogen-bond donors (Lipinski definition) is 2. The molecule has 1 aromatic heterocycles. The molecule has 23 heavy (non-hydrogen) atoms. The molecule has 0 spiro atoms. The summed E-state index contributed by atoms with van der Waals surface area (Å²) in [5, 5.41) is 9.12. The van der Waals surface area contributed by atoms with Gasteiger partial charge in [0.25, 0.3) is 5.56 Å². The second-order valence-electron chi connectivity index (χ2n) is 4.62. The van der Waals surface area contributed by atoms with E-state index in [1.54, 1.807) is 0 Å². The molecule has 0 radical (unpaired) electrons. The van der Waals surface area contributed by atoms with Crippen LogP contribution < -0.4 is 80.2 Å². The molecule has 0 aliphatic carbocycles. The van der Waals surface area contributed by atoms with Gasteiger partial charge in [0.1, 0.15) is 12.3 Å². The Bertz CT molecular complexity index is 686. The molecule has 2 N–H and O–H groups in total. The molecular formula is C10H13N2Na2O8P. The van der Waals surface area contributed by atoms with Crippen molar-refractivity contribution < 1.29 is 87.8 Å².